The number of hydrogen-bond donors (Lipinski definition) is 1. The SMILES string of the molecule is O=C(CN1C(=O)C2CC=CCC2C1=O)Nc1cccc(CN2CCCC2)c1. The summed E-state index contributed by atoms with van der Waals surface area (Å²) in [5.74, 6) is -1.35. The van der Waals surface area contributed by atoms with E-state index in [1.54, 1.807) is 0 Å². The van der Waals surface area contributed by atoms with Crippen LogP contribution in [0.5, 0.6) is 0 Å². The zero-order valence-corrected chi connectivity index (χ0v) is 15.4. The van der Waals surface area contributed by atoms with E-state index in [2.05, 4.69) is 16.3 Å². The summed E-state index contributed by atoms with van der Waals surface area (Å²) in [7, 11) is 0. The highest BCUT2D eigenvalue weighted by Crippen LogP contribution is 2.34. The smallest absolute Gasteiger partial charge is 0.244 e. The van der Waals surface area contributed by atoms with Crippen molar-refractivity contribution in [2.24, 2.45) is 11.8 Å². The normalized spacial score (nSPS) is 25.1. The van der Waals surface area contributed by atoms with Gasteiger partial charge in [0.1, 0.15) is 6.54 Å². The number of hydrogen-bond acceptors (Lipinski definition) is 4. The van der Waals surface area contributed by atoms with E-state index in [1.165, 1.54) is 12.8 Å². The number of nitrogens with one attached hydrogen (secondary N) is 1. The Labute approximate surface area is 159 Å². The lowest BCUT2D eigenvalue weighted by molar-refractivity contribution is -0.142. The zero-order valence-electron chi connectivity index (χ0n) is 15.4. The molecule has 0 saturated carbocycles. The molecule has 0 bridgehead atoms. The van der Waals surface area contributed by atoms with Gasteiger partial charge in [-0.3, -0.25) is 24.2 Å². The largest absolute Gasteiger partial charge is 0.325 e. The van der Waals surface area contributed by atoms with Crippen LogP contribution in [0.4, 0.5) is 5.69 Å². The fourth-order valence-electron chi connectivity index (χ4n) is 4.32. The third-order valence-corrected chi connectivity index (χ3v) is 5.72. The Morgan fingerprint density at radius 3 is 2.37 bits per heavy atom. The Morgan fingerprint density at radius 1 is 1.04 bits per heavy atom. The second kappa shape index (κ2) is 7.64. The van der Waals surface area contributed by atoms with Crippen LogP contribution in [0.3, 0.4) is 0 Å². The van der Waals surface area contributed by atoms with Crippen LogP contribution in [0, 0.1) is 11.8 Å². The first-order valence-corrected chi connectivity index (χ1v) is 9.73. The fraction of sp³-hybridized carbons (Fsp3) is 0.476. The monoisotopic (exact) mass is 367 g/mol. The molecule has 0 aromatic heterocycles. The summed E-state index contributed by atoms with van der Waals surface area (Å²) in [4.78, 5) is 40.9. The minimum absolute atomic E-state index is 0.207. The Balaban J connectivity index is 1.37. The average molecular weight is 367 g/mol. The number of carbonyl (C=O) groups is 3. The number of nitrogens with zero attached hydrogens (tertiary/aromatic N) is 2. The summed E-state index contributed by atoms with van der Waals surface area (Å²) in [6, 6.07) is 7.78. The van der Waals surface area contributed by atoms with Crippen LogP contribution in [0.2, 0.25) is 0 Å². The Kier molecular flexibility index (Phi) is 5.07. The van der Waals surface area contributed by atoms with Crippen molar-refractivity contribution in [3.05, 3.63) is 42.0 Å². The molecule has 2 aliphatic heterocycles. The molecule has 2 heterocycles. The summed E-state index contributed by atoms with van der Waals surface area (Å²) >= 11 is 0. The summed E-state index contributed by atoms with van der Waals surface area (Å²) in [6.45, 7) is 2.91. The maximum Gasteiger partial charge on any atom is 0.244 e. The lowest BCUT2D eigenvalue weighted by atomic mass is 9.85. The maximum atomic E-state index is 12.5. The summed E-state index contributed by atoms with van der Waals surface area (Å²) in [6.07, 6.45) is 7.55. The first-order valence-electron chi connectivity index (χ1n) is 9.73. The Morgan fingerprint density at radius 2 is 1.70 bits per heavy atom. The van der Waals surface area contributed by atoms with E-state index in [9.17, 15) is 14.4 Å². The van der Waals surface area contributed by atoms with Gasteiger partial charge in [-0.05, 0) is 56.5 Å². The van der Waals surface area contributed by atoms with Gasteiger partial charge in [-0.2, -0.15) is 0 Å². The minimum atomic E-state index is -0.332. The summed E-state index contributed by atoms with van der Waals surface area (Å²) in [5, 5.41) is 2.84. The molecule has 2 unspecified atom stereocenters. The fourth-order valence-corrected chi connectivity index (χ4v) is 4.32. The van der Waals surface area contributed by atoms with E-state index in [-0.39, 0.29) is 36.1 Å². The third kappa shape index (κ3) is 3.81. The average Bonchev–Trinajstić information content (AvgIpc) is 3.25. The van der Waals surface area contributed by atoms with Crippen LogP contribution in [-0.2, 0) is 20.9 Å². The molecule has 2 atom stereocenters. The van der Waals surface area contributed by atoms with E-state index in [0.717, 1.165) is 30.1 Å². The molecule has 1 aromatic carbocycles. The second-order valence-electron chi connectivity index (χ2n) is 7.65. The Bertz CT molecular complexity index is 757. The molecule has 3 aliphatic rings. The van der Waals surface area contributed by atoms with Gasteiger partial charge in [-0.25, -0.2) is 0 Å². The molecule has 1 aliphatic carbocycles. The van der Waals surface area contributed by atoms with Crippen molar-refractivity contribution in [2.75, 3.05) is 25.0 Å². The third-order valence-electron chi connectivity index (χ3n) is 5.72. The lowest BCUT2D eigenvalue weighted by Gasteiger charge is -2.16. The van der Waals surface area contributed by atoms with Gasteiger partial charge in [0.2, 0.25) is 17.7 Å². The number of imide groups is 1. The standard InChI is InChI=1S/C21H25N3O3/c25-19(14-24-20(26)17-8-1-2-9-18(17)21(24)27)22-16-7-5-6-15(12-16)13-23-10-3-4-11-23/h1-2,5-7,12,17-18H,3-4,8-11,13-14H2,(H,22,25). The quantitative estimate of drug-likeness (QED) is 0.640. The molecule has 2 saturated heterocycles. The zero-order chi connectivity index (χ0) is 18.8. The molecular weight excluding hydrogens is 342 g/mol. The highest BCUT2D eigenvalue weighted by atomic mass is 16.2. The molecule has 27 heavy (non-hydrogen) atoms. The van der Waals surface area contributed by atoms with Crippen LogP contribution in [-0.4, -0.2) is 47.2 Å². The van der Waals surface area contributed by atoms with Gasteiger partial charge in [0.05, 0.1) is 11.8 Å². The molecule has 142 valence electrons. The van der Waals surface area contributed by atoms with Crippen molar-refractivity contribution in [3.63, 3.8) is 0 Å². The van der Waals surface area contributed by atoms with Crippen molar-refractivity contribution in [1.29, 1.82) is 0 Å². The molecule has 4 rings (SSSR count). The predicted molar refractivity (Wildman–Crippen MR) is 102 cm³/mol. The van der Waals surface area contributed by atoms with Gasteiger partial charge in [-0.1, -0.05) is 24.3 Å². The number of likely N-dealkylation sites (tertiary alicyclic amines) is 2. The van der Waals surface area contributed by atoms with Crippen LogP contribution in [0.15, 0.2) is 36.4 Å². The van der Waals surface area contributed by atoms with E-state index in [4.69, 9.17) is 0 Å². The lowest BCUT2D eigenvalue weighted by Crippen LogP contribution is -2.38. The molecule has 0 spiro atoms. The van der Waals surface area contributed by atoms with Crippen LogP contribution in [0.25, 0.3) is 0 Å². The highest BCUT2D eigenvalue weighted by molar-refractivity contribution is 6.08. The van der Waals surface area contributed by atoms with Crippen LogP contribution < -0.4 is 5.32 Å². The number of rotatable bonds is 5. The summed E-state index contributed by atoms with van der Waals surface area (Å²) < 4.78 is 0. The van der Waals surface area contributed by atoms with Gasteiger partial charge >= 0.3 is 0 Å². The molecule has 6 nitrogen and oxygen atoms in total. The molecule has 6 heteroatoms. The van der Waals surface area contributed by atoms with Crippen LogP contribution >= 0.6 is 0 Å². The number of anilines is 1. The second-order valence-corrected chi connectivity index (χ2v) is 7.65. The highest BCUT2D eigenvalue weighted by Gasteiger charge is 2.47. The predicted octanol–water partition coefficient (Wildman–Crippen LogP) is 2.17. The topological polar surface area (TPSA) is 69.7 Å². The number of fused-ring (bicyclic) bond motifs is 1. The maximum absolute atomic E-state index is 12.5. The van der Waals surface area contributed by atoms with Gasteiger partial charge in [0.15, 0.2) is 0 Å². The molecule has 1 N–H and O–H groups in total. The van der Waals surface area contributed by atoms with Crippen molar-refractivity contribution >= 4 is 23.4 Å². The van der Waals surface area contributed by atoms with E-state index >= 15 is 0 Å². The van der Waals surface area contributed by atoms with Crippen molar-refractivity contribution in [3.8, 4) is 0 Å². The first-order chi connectivity index (χ1) is 13.1. The number of allylic oxidation sites excluding steroid dienone is 2. The van der Waals surface area contributed by atoms with Gasteiger partial charge in [0.25, 0.3) is 0 Å². The van der Waals surface area contributed by atoms with Gasteiger partial charge in [-0.15, -0.1) is 0 Å². The molecule has 3 amide bonds. The van der Waals surface area contributed by atoms with Crippen molar-refractivity contribution in [1.82, 2.24) is 9.80 Å². The summed E-state index contributed by atoms with van der Waals surface area (Å²) in [5.41, 5.74) is 1.86. The van der Waals surface area contributed by atoms with Crippen molar-refractivity contribution in [2.45, 2.75) is 32.2 Å². The van der Waals surface area contributed by atoms with Gasteiger partial charge < -0.3 is 5.32 Å². The molecule has 1 aromatic rings. The minimum Gasteiger partial charge on any atom is -0.325 e. The molecule has 2 fully saturated rings. The molecular formula is C21H25N3O3. The number of amides is 3. The van der Waals surface area contributed by atoms with E-state index < -0.39 is 0 Å². The van der Waals surface area contributed by atoms with Crippen LogP contribution in [0.1, 0.15) is 31.2 Å². The van der Waals surface area contributed by atoms with E-state index in [0.29, 0.717) is 18.5 Å². The number of benzene rings is 1. The van der Waals surface area contributed by atoms with E-state index in [1.807, 2.05) is 30.4 Å². The Hall–Kier alpha value is -2.47. The number of carbonyl (C=O) groups excluding carboxylic acids is 3. The van der Waals surface area contributed by atoms with Crippen molar-refractivity contribution < 1.29 is 14.4 Å². The van der Waals surface area contributed by atoms with Gasteiger partial charge in [0, 0.05) is 12.2 Å². The molecule has 0 radical (unpaired) electrons. The first kappa shape index (κ1) is 17.9.